The molecule has 0 radical (unpaired) electrons. The van der Waals surface area contributed by atoms with Gasteiger partial charge in [-0.05, 0) is 84.1 Å². The largest absolute Gasteiger partial charge is 0.494 e. The second kappa shape index (κ2) is 10.5. The molecule has 3 heterocycles. The summed E-state index contributed by atoms with van der Waals surface area (Å²) in [6, 6.07) is 14.1. The summed E-state index contributed by atoms with van der Waals surface area (Å²) in [6.45, 7) is 3.84. The van der Waals surface area contributed by atoms with E-state index in [2.05, 4.69) is 31.5 Å². The first-order valence-corrected chi connectivity index (χ1v) is 13.4. The van der Waals surface area contributed by atoms with E-state index in [0.717, 1.165) is 54.3 Å². The van der Waals surface area contributed by atoms with Crippen molar-refractivity contribution in [3.63, 3.8) is 0 Å². The zero-order valence-corrected chi connectivity index (χ0v) is 21.4. The van der Waals surface area contributed by atoms with Crippen LogP contribution in [0, 0.1) is 5.82 Å². The quantitative estimate of drug-likeness (QED) is 0.372. The van der Waals surface area contributed by atoms with Gasteiger partial charge in [0.2, 0.25) is 0 Å². The fourth-order valence-electron chi connectivity index (χ4n) is 5.80. The van der Waals surface area contributed by atoms with Crippen molar-refractivity contribution in [2.75, 3.05) is 19.7 Å². The molecule has 6 rings (SSSR count). The minimum Gasteiger partial charge on any atom is -0.494 e. The normalized spacial score (nSPS) is 17.6. The first-order valence-electron chi connectivity index (χ1n) is 13.4. The summed E-state index contributed by atoms with van der Waals surface area (Å²) >= 11 is 0. The molecule has 1 saturated carbocycles. The Balaban J connectivity index is 1.42. The van der Waals surface area contributed by atoms with E-state index in [0.29, 0.717) is 31.1 Å². The van der Waals surface area contributed by atoms with Crippen molar-refractivity contribution in [1.82, 2.24) is 30.1 Å². The summed E-state index contributed by atoms with van der Waals surface area (Å²) in [4.78, 5) is 18.9. The summed E-state index contributed by atoms with van der Waals surface area (Å²) in [5, 5.41) is 13.8. The molecule has 0 spiro atoms. The fourth-order valence-corrected chi connectivity index (χ4v) is 5.80. The Kier molecular flexibility index (Phi) is 6.76. The average molecular weight is 515 g/mol. The van der Waals surface area contributed by atoms with Gasteiger partial charge in [0.25, 0.3) is 5.56 Å². The Morgan fingerprint density at radius 3 is 2.68 bits per heavy atom. The molecule has 1 atom stereocenters. The van der Waals surface area contributed by atoms with E-state index in [9.17, 15) is 9.18 Å². The Bertz CT molecular complexity index is 1520. The van der Waals surface area contributed by atoms with Crippen LogP contribution in [-0.4, -0.2) is 49.8 Å². The van der Waals surface area contributed by atoms with Gasteiger partial charge in [-0.25, -0.2) is 9.07 Å². The minimum atomic E-state index is -0.416. The molecule has 2 aliphatic rings. The predicted molar refractivity (Wildman–Crippen MR) is 143 cm³/mol. The van der Waals surface area contributed by atoms with Crippen molar-refractivity contribution < 1.29 is 9.13 Å². The van der Waals surface area contributed by atoms with Gasteiger partial charge in [0.1, 0.15) is 17.6 Å². The maximum absolute atomic E-state index is 13.5. The van der Waals surface area contributed by atoms with Gasteiger partial charge in [-0.1, -0.05) is 31.1 Å². The summed E-state index contributed by atoms with van der Waals surface area (Å²) < 4.78 is 21.1. The summed E-state index contributed by atoms with van der Waals surface area (Å²) in [7, 11) is 0. The molecule has 8 nitrogen and oxygen atoms in total. The lowest BCUT2D eigenvalue weighted by Crippen LogP contribution is -2.38. The van der Waals surface area contributed by atoms with Crippen LogP contribution in [-0.2, 0) is 0 Å². The number of tetrazole rings is 1. The number of hydrogen-bond acceptors (Lipinski definition) is 6. The zero-order valence-electron chi connectivity index (χ0n) is 21.4. The molecule has 0 bridgehead atoms. The highest BCUT2D eigenvalue weighted by Crippen LogP contribution is 2.36. The Hall–Kier alpha value is -3.85. The molecule has 1 N–H and O–H groups in total. The van der Waals surface area contributed by atoms with Crippen molar-refractivity contribution in [3.8, 4) is 5.75 Å². The number of benzene rings is 2. The number of aromatic nitrogens is 5. The number of rotatable bonds is 7. The van der Waals surface area contributed by atoms with Crippen LogP contribution in [0.4, 0.5) is 4.39 Å². The number of ether oxygens (including phenoxy) is 1. The predicted octanol–water partition coefficient (Wildman–Crippen LogP) is 5.05. The van der Waals surface area contributed by atoms with Crippen molar-refractivity contribution in [1.29, 1.82) is 0 Å². The van der Waals surface area contributed by atoms with Crippen LogP contribution < -0.4 is 10.3 Å². The van der Waals surface area contributed by atoms with E-state index in [-0.39, 0.29) is 17.4 Å². The standard InChI is InChI=1S/C29H31FN6O2/c1-2-38-24-11-12-26-21(17-24)18-25(29(37)31-26)27(28-32-33-34-36(28)23-5-3-4-6-23)35-15-13-20(14-16-35)19-7-9-22(30)10-8-19/h7-13,17-18,23,27H,2-6,14-16H2,1H3,(H,31,37). The molecule has 1 aliphatic carbocycles. The van der Waals surface area contributed by atoms with Crippen molar-refractivity contribution >= 4 is 16.5 Å². The van der Waals surface area contributed by atoms with Gasteiger partial charge < -0.3 is 9.72 Å². The average Bonchev–Trinajstić information content (AvgIpc) is 3.63. The SMILES string of the molecule is CCOc1ccc2[nH]c(=O)c(C(c3nnnn3C3CCCC3)N3CC=C(c4ccc(F)cc4)CC3)cc2c1. The molecule has 196 valence electrons. The number of nitrogens with one attached hydrogen (secondary N) is 1. The van der Waals surface area contributed by atoms with E-state index >= 15 is 0 Å². The zero-order chi connectivity index (χ0) is 26.1. The number of nitrogens with zero attached hydrogens (tertiary/aromatic N) is 5. The van der Waals surface area contributed by atoms with Crippen LogP contribution in [0.25, 0.3) is 16.5 Å². The molecule has 1 unspecified atom stereocenters. The maximum atomic E-state index is 13.5. The smallest absolute Gasteiger partial charge is 0.253 e. The van der Waals surface area contributed by atoms with Crippen LogP contribution in [0.5, 0.6) is 5.75 Å². The number of pyridine rings is 1. The molecule has 1 fully saturated rings. The van der Waals surface area contributed by atoms with Crippen LogP contribution in [0.1, 0.15) is 68.1 Å². The van der Waals surface area contributed by atoms with E-state index in [1.807, 2.05) is 48.0 Å². The van der Waals surface area contributed by atoms with E-state index in [1.165, 1.54) is 17.7 Å². The van der Waals surface area contributed by atoms with Gasteiger partial charge in [0, 0.05) is 29.6 Å². The van der Waals surface area contributed by atoms with Crippen LogP contribution in [0.3, 0.4) is 0 Å². The molecule has 4 aromatic rings. The first-order chi connectivity index (χ1) is 18.6. The van der Waals surface area contributed by atoms with E-state index < -0.39 is 6.04 Å². The van der Waals surface area contributed by atoms with Crippen LogP contribution in [0.15, 0.2) is 59.4 Å². The molecule has 2 aromatic heterocycles. The lowest BCUT2D eigenvalue weighted by Gasteiger charge is -2.33. The number of halogens is 1. The lowest BCUT2D eigenvalue weighted by atomic mass is 9.96. The third kappa shape index (κ3) is 4.74. The highest BCUT2D eigenvalue weighted by atomic mass is 19.1. The van der Waals surface area contributed by atoms with Crippen LogP contribution >= 0.6 is 0 Å². The van der Waals surface area contributed by atoms with Crippen LogP contribution in [0.2, 0.25) is 0 Å². The monoisotopic (exact) mass is 514 g/mol. The fraction of sp³-hybridized carbons (Fsp3) is 0.379. The molecule has 2 aromatic carbocycles. The second-order valence-corrected chi connectivity index (χ2v) is 10.0. The van der Waals surface area contributed by atoms with E-state index in [4.69, 9.17) is 4.74 Å². The van der Waals surface area contributed by atoms with Gasteiger partial charge in [0.05, 0.1) is 12.6 Å². The minimum absolute atomic E-state index is 0.152. The molecule has 38 heavy (non-hydrogen) atoms. The Morgan fingerprint density at radius 2 is 1.95 bits per heavy atom. The second-order valence-electron chi connectivity index (χ2n) is 10.0. The third-order valence-electron chi connectivity index (χ3n) is 7.70. The number of aromatic amines is 1. The van der Waals surface area contributed by atoms with E-state index in [1.54, 1.807) is 0 Å². The van der Waals surface area contributed by atoms with Gasteiger partial charge in [-0.3, -0.25) is 9.69 Å². The molecule has 0 amide bonds. The summed E-state index contributed by atoms with van der Waals surface area (Å²) in [6.07, 6.45) is 7.30. The number of hydrogen-bond donors (Lipinski definition) is 1. The molecular weight excluding hydrogens is 483 g/mol. The first kappa shape index (κ1) is 24.5. The van der Waals surface area contributed by atoms with Gasteiger partial charge >= 0.3 is 0 Å². The topological polar surface area (TPSA) is 88.9 Å². The molecule has 0 saturated heterocycles. The van der Waals surface area contributed by atoms with Gasteiger partial charge in [-0.2, -0.15) is 0 Å². The van der Waals surface area contributed by atoms with Gasteiger partial charge in [-0.15, -0.1) is 5.10 Å². The molecule has 9 heteroatoms. The van der Waals surface area contributed by atoms with Gasteiger partial charge in [0.15, 0.2) is 5.82 Å². The summed E-state index contributed by atoms with van der Waals surface area (Å²) in [5.74, 6) is 1.21. The molecule has 1 aliphatic heterocycles. The Morgan fingerprint density at radius 1 is 1.13 bits per heavy atom. The van der Waals surface area contributed by atoms with Crippen molar-refractivity contribution in [3.05, 3.63) is 87.7 Å². The molecular formula is C29H31FN6O2. The Labute approximate surface area is 220 Å². The van der Waals surface area contributed by atoms with Crippen molar-refractivity contribution in [2.45, 2.75) is 51.1 Å². The van der Waals surface area contributed by atoms with Crippen molar-refractivity contribution in [2.24, 2.45) is 0 Å². The maximum Gasteiger partial charge on any atom is 0.253 e. The number of fused-ring (bicyclic) bond motifs is 1. The number of H-pyrrole nitrogens is 1. The third-order valence-corrected chi connectivity index (χ3v) is 7.70. The highest BCUT2D eigenvalue weighted by Gasteiger charge is 2.34. The lowest BCUT2D eigenvalue weighted by molar-refractivity contribution is 0.229. The summed E-state index contributed by atoms with van der Waals surface area (Å²) in [5.41, 5.74) is 3.41. The highest BCUT2D eigenvalue weighted by molar-refractivity contribution is 5.80.